The van der Waals surface area contributed by atoms with Gasteiger partial charge in [0.2, 0.25) is 0 Å². The van der Waals surface area contributed by atoms with E-state index in [1.807, 2.05) is 19.2 Å². The zero-order chi connectivity index (χ0) is 13.0. The Hall–Kier alpha value is -1.32. The van der Waals surface area contributed by atoms with Crippen LogP contribution in [0.25, 0.3) is 11.0 Å². The topological polar surface area (TPSA) is 28.4 Å². The van der Waals surface area contributed by atoms with E-state index in [1.54, 1.807) is 0 Å². The molecule has 1 aromatic heterocycles. The standard InChI is InChI=1S/C15H22N2O/c1-4-9-17(3)11-13-12-7-5-6-8-14(12)18-15(13)10-16-2/h5-8,16H,4,9-11H2,1-3H3. The number of furan rings is 1. The van der Waals surface area contributed by atoms with E-state index in [0.717, 1.165) is 31.0 Å². The summed E-state index contributed by atoms with van der Waals surface area (Å²) in [5.74, 6) is 1.06. The third kappa shape index (κ3) is 2.74. The SMILES string of the molecule is CCCN(C)Cc1c(CNC)oc2ccccc12. The number of rotatable bonds is 6. The average Bonchev–Trinajstić information content (AvgIpc) is 2.69. The van der Waals surface area contributed by atoms with Crippen LogP contribution in [0.1, 0.15) is 24.7 Å². The third-order valence-corrected chi connectivity index (χ3v) is 3.15. The van der Waals surface area contributed by atoms with E-state index < -0.39 is 0 Å². The molecule has 1 heterocycles. The lowest BCUT2D eigenvalue weighted by Gasteiger charge is -2.15. The third-order valence-electron chi connectivity index (χ3n) is 3.15. The predicted octanol–water partition coefficient (Wildman–Crippen LogP) is 2.99. The first-order chi connectivity index (χ1) is 8.76. The molecule has 0 aliphatic rings. The Balaban J connectivity index is 2.35. The molecule has 0 atom stereocenters. The smallest absolute Gasteiger partial charge is 0.134 e. The fraction of sp³-hybridized carbons (Fsp3) is 0.467. The summed E-state index contributed by atoms with van der Waals surface area (Å²) in [6, 6.07) is 8.28. The molecule has 3 nitrogen and oxygen atoms in total. The van der Waals surface area contributed by atoms with Crippen molar-refractivity contribution in [2.24, 2.45) is 0 Å². The van der Waals surface area contributed by atoms with Crippen molar-refractivity contribution in [2.75, 3.05) is 20.6 Å². The molecular weight excluding hydrogens is 224 g/mol. The van der Waals surface area contributed by atoms with E-state index in [4.69, 9.17) is 4.42 Å². The number of hydrogen-bond acceptors (Lipinski definition) is 3. The van der Waals surface area contributed by atoms with Gasteiger partial charge in [-0.3, -0.25) is 0 Å². The van der Waals surface area contributed by atoms with Crippen LogP contribution in [0.3, 0.4) is 0 Å². The van der Waals surface area contributed by atoms with Gasteiger partial charge < -0.3 is 14.6 Å². The monoisotopic (exact) mass is 246 g/mol. The second kappa shape index (κ2) is 6.03. The highest BCUT2D eigenvalue weighted by Crippen LogP contribution is 2.26. The number of nitrogens with zero attached hydrogens (tertiary/aromatic N) is 1. The van der Waals surface area contributed by atoms with Gasteiger partial charge in [0.1, 0.15) is 11.3 Å². The van der Waals surface area contributed by atoms with Crippen LogP contribution >= 0.6 is 0 Å². The van der Waals surface area contributed by atoms with E-state index in [0.29, 0.717) is 0 Å². The van der Waals surface area contributed by atoms with Crippen molar-refractivity contribution in [2.45, 2.75) is 26.4 Å². The lowest BCUT2D eigenvalue weighted by atomic mass is 10.1. The maximum absolute atomic E-state index is 5.93. The molecule has 0 unspecified atom stereocenters. The van der Waals surface area contributed by atoms with Gasteiger partial charge in [-0.15, -0.1) is 0 Å². The van der Waals surface area contributed by atoms with E-state index in [-0.39, 0.29) is 0 Å². The minimum Gasteiger partial charge on any atom is -0.459 e. The van der Waals surface area contributed by atoms with E-state index in [2.05, 4.69) is 36.3 Å². The second-order valence-electron chi connectivity index (χ2n) is 4.77. The Morgan fingerprint density at radius 2 is 2.06 bits per heavy atom. The molecule has 0 aliphatic carbocycles. The molecule has 0 radical (unpaired) electrons. The summed E-state index contributed by atoms with van der Waals surface area (Å²) in [6.07, 6.45) is 1.17. The number of hydrogen-bond donors (Lipinski definition) is 1. The van der Waals surface area contributed by atoms with Gasteiger partial charge >= 0.3 is 0 Å². The van der Waals surface area contributed by atoms with Crippen molar-refractivity contribution in [1.29, 1.82) is 0 Å². The van der Waals surface area contributed by atoms with Crippen molar-refractivity contribution in [3.8, 4) is 0 Å². The van der Waals surface area contributed by atoms with Gasteiger partial charge in [-0.05, 0) is 33.1 Å². The maximum Gasteiger partial charge on any atom is 0.134 e. The zero-order valence-corrected chi connectivity index (χ0v) is 11.5. The number of fused-ring (bicyclic) bond motifs is 1. The lowest BCUT2D eigenvalue weighted by Crippen LogP contribution is -2.19. The number of para-hydroxylation sites is 1. The van der Waals surface area contributed by atoms with E-state index >= 15 is 0 Å². The van der Waals surface area contributed by atoms with Crippen molar-refractivity contribution < 1.29 is 4.42 Å². The van der Waals surface area contributed by atoms with Crippen LogP contribution in [0.2, 0.25) is 0 Å². The van der Waals surface area contributed by atoms with Gasteiger partial charge in [0.05, 0.1) is 6.54 Å². The Morgan fingerprint density at radius 3 is 2.78 bits per heavy atom. The highest BCUT2D eigenvalue weighted by atomic mass is 16.3. The fourth-order valence-electron chi connectivity index (χ4n) is 2.36. The largest absolute Gasteiger partial charge is 0.459 e. The molecule has 2 aromatic rings. The van der Waals surface area contributed by atoms with Crippen molar-refractivity contribution >= 4 is 11.0 Å². The van der Waals surface area contributed by atoms with Crippen LogP contribution in [-0.2, 0) is 13.1 Å². The van der Waals surface area contributed by atoms with Crippen molar-refractivity contribution in [3.05, 3.63) is 35.6 Å². The van der Waals surface area contributed by atoms with Crippen LogP contribution < -0.4 is 5.32 Å². The summed E-state index contributed by atoms with van der Waals surface area (Å²) in [6.45, 7) is 5.04. The molecule has 1 N–H and O–H groups in total. The van der Waals surface area contributed by atoms with Gasteiger partial charge in [-0.2, -0.15) is 0 Å². The summed E-state index contributed by atoms with van der Waals surface area (Å²) in [5.41, 5.74) is 2.30. The Labute approximate surface area is 109 Å². The highest BCUT2D eigenvalue weighted by Gasteiger charge is 2.14. The summed E-state index contributed by atoms with van der Waals surface area (Å²) in [4.78, 5) is 2.34. The molecule has 98 valence electrons. The lowest BCUT2D eigenvalue weighted by molar-refractivity contribution is 0.324. The second-order valence-corrected chi connectivity index (χ2v) is 4.77. The molecule has 0 saturated carbocycles. The van der Waals surface area contributed by atoms with Gasteiger partial charge in [0.15, 0.2) is 0 Å². The Kier molecular flexibility index (Phi) is 4.39. The minimum atomic E-state index is 0.782. The normalized spacial score (nSPS) is 11.6. The van der Waals surface area contributed by atoms with Crippen LogP contribution in [0.15, 0.2) is 28.7 Å². The van der Waals surface area contributed by atoms with Crippen LogP contribution in [0.5, 0.6) is 0 Å². The molecule has 0 fully saturated rings. The molecule has 0 bridgehead atoms. The van der Waals surface area contributed by atoms with Crippen LogP contribution in [0, 0.1) is 0 Å². The predicted molar refractivity (Wildman–Crippen MR) is 75.6 cm³/mol. The summed E-state index contributed by atoms with van der Waals surface area (Å²) in [5, 5.41) is 4.42. The fourth-order valence-corrected chi connectivity index (χ4v) is 2.36. The molecule has 18 heavy (non-hydrogen) atoms. The van der Waals surface area contributed by atoms with Gasteiger partial charge in [-0.1, -0.05) is 25.1 Å². The molecule has 0 saturated heterocycles. The minimum absolute atomic E-state index is 0.782. The highest BCUT2D eigenvalue weighted by molar-refractivity contribution is 5.82. The van der Waals surface area contributed by atoms with Gasteiger partial charge in [0, 0.05) is 17.5 Å². The van der Waals surface area contributed by atoms with Crippen molar-refractivity contribution in [1.82, 2.24) is 10.2 Å². The first-order valence-corrected chi connectivity index (χ1v) is 6.58. The molecule has 2 rings (SSSR count). The van der Waals surface area contributed by atoms with Crippen LogP contribution in [-0.4, -0.2) is 25.5 Å². The molecule has 0 aliphatic heterocycles. The Bertz CT molecular complexity index is 504. The summed E-state index contributed by atoms with van der Waals surface area (Å²) in [7, 11) is 4.11. The van der Waals surface area contributed by atoms with Gasteiger partial charge in [0.25, 0.3) is 0 Å². The van der Waals surface area contributed by atoms with E-state index in [9.17, 15) is 0 Å². The summed E-state index contributed by atoms with van der Waals surface area (Å²) >= 11 is 0. The zero-order valence-electron chi connectivity index (χ0n) is 11.5. The molecule has 0 spiro atoms. The van der Waals surface area contributed by atoms with E-state index in [1.165, 1.54) is 17.4 Å². The molecule has 3 heteroatoms. The average molecular weight is 246 g/mol. The number of nitrogens with one attached hydrogen (secondary N) is 1. The molecular formula is C15H22N2O. The first kappa shape index (κ1) is 13.1. The number of benzene rings is 1. The quantitative estimate of drug-likeness (QED) is 0.849. The van der Waals surface area contributed by atoms with Crippen molar-refractivity contribution in [3.63, 3.8) is 0 Å². The molecule has 1 aromatic carbocycles. The maximum atomic E-state index is 5.93. The molecule has 0 amide bonds. The van der Waals surface area contributed by atoms with Gasteiger partial charge in [-0.25, -0.2) is 0 Å². The Morgan fingerprint density at radius 1 is 1.28 bits per heavy atom. The summed E-state index contributed by atoms with van der Waals surface area (Å²) < 4.78 is 5.93. The van der Waals surface area contributed by atoms with Crippen LogP contribution in [0.4, 0.5) is 0 Å². The first-order valence-electron chi connectivity index (χ1n) is 6.58.